The van der Waals surface area contributed by atoms with Crippen LogP contribution in [0.15, 0.2) is 36.5 Å². The summed E-state index contributed by atoms with van der Waals surface area (Å²) in [4.78, 5) is 15.1. The molecule has 0 amide bonds. The Balaban J connectivity index is 0.000000380. The molecule has 1 saturated heterocycles. The van der Waals surface area contributed by atoms with Gasteiger partial charge in [0.15, 0.2) is 6.29 Å². The van der Waals surface area contributed by atoms with E-state index in [4.69, 9.17) is 10.1 Å². The van der Waals surface area contributed by atoms with Gasteiger partial charge >= 0.3 is 6.61 Å². The van der Waals surface area contributed by atoms with Gasteiger partial charge in [0.25, 0.3) is 0 Å². The first kappa shape index (κ1) is 25.4. The summed E-state index contributed by atoms with van der Waals surface area (Å²) in [6.07, 6.45) is 3.17. The zero-order valence-electron chi connectivity index (χ0n) is 18.7. The number of hydrogen-bond donors (Lipinski definition) is 3. The van der Waals surface area contributed by atoms with Gasteiger partial charge in [0.05, 0.1) is 18.0 Å². The van der Waals surface area contributed by atoms with Crippen LogP contribution in [0.4, 0.5) is 14.5 Å². The highest BCUT2D eigenvalue weighted by molar-refractivity contribution is 6.13. The fourth-order valence-corrected chi connectivity index (χ4v) is 2.99. The molecule has 3 rings (SSSR count). The molecule has 9 heteroatoms. The molecule has 1 aliphatic heterocycles. The second-order valence-corrected chi connectivity index (χ2v) is 7.98. The molecule has 0 bridgehead atoms. The molecule has 0 spiro atoms. The lowest BCUT2D eigenvalue weighted by molar-refractivity contribution is -0.0498. The normalized spacial score (nSPS) is 17.6. The fourth-order valence-electron chi connectivity index (χ4n) is 2.99. The molecular formula is C23H30F2N4O3. The highest BCUT2D eigenvalue weighted by Gasteiger charge is 2.26. The topological polar surface area (TPSA) is 96.3 Å². The first-order chi connectivity index (χ1) is 15.2. The van der Waals surface area contributed by atoms with Crippen LogP contribution >= 0.6 is 0 Å². The molecule has 0 saturated carbocycles. The van der Waals surface area contributed by atoms with Gasteiger partial charge in [-0.3, -0.25) is 15.2 Å². The molecule has 1 fully saturated rings. The van der Waals surface area contributed by atoms with Gasteiger partial charge in [-0.25, -0.2) is 0 Å². The average molecular weight is 449 g/mol. The van der Waals surface area contributed by atoms with E-state index in [2.05, 4.69) is 27.3 Å². The molecule has 2 aromatic rings. The van der Waals surface area contributed by atoms with E-state index in [-0.39, 0.29) is 23.0 Å². The third-order valence-electron chi connectivity index (χ3n) is 4.90. The van der Waals surface area contributed by atoms with E-state index in [1.165, 1.54) is 24.4 Å². The lowest BCUT2D eigenvalue weighted by Crippen LogP contribution is -2.39. The average Bonchev–Trinajstić information content (AvgIpc) is 3.20. The summed E-state index contributed by atoms with van der Waals surface area (Å²) in [6, 6.07) is 7.53. The minimum Gasteiger partial charge on any atom is -0.435 e. The van der Waals surface area contributed by atoms with Crippen LogP contribution in [0.5, 0.6) is 5.75 Å². The molecule has 0 aliphatic carbocycles. The fraction of sp³-hybridized carbons (Fsp3) is 0.435. The second-order valence-electron chi connectivity index (χ2n) is 7.98. The molecule has 1 aromatic heterocycles. The minimum atomic E-state index is -2.93. The van der Waals surface area contributed by atoms with Crippen LogP contribution < -0.4 is 15.4 Å². The van der Waals surface area contributed by atoms with Crippen LogP contribution in [-0.4, -0.2) is 55.4 Å². The number of ether oxygens (including phenoxy) is 2. The van der Waals surface area contributed by atoms with Gasteiger partial charge in [-0.05, 0) is 52.4 Å². The maximum atomic E-state index is 12.3. The highest BCUT2D eigenvalue weighted by Crippen LogP contribution is 2.22. The van der Waals surface area contributed by atoms with Crippen molar-refractivity contribution in [3.8, 4) is 5.75 Å². The maximum absolute atomic E-state index is 12.3. The Bertz CT molecular complexity index is 916. The van der Waals surface area contributed by atoms with Gasteiger partial charge in [0, 0.05) is 35.5 Å². The zero-order chi connectivity index (χ0) is 23.7. The third kappa shape index (κ3) is 7.35. The van der Waals surface area contributed by atoms with E-state index in [0.717, 1.165) is 19.6 Å². The molecule has 1 aromatic carbocycles. The van der Waals surface area contributed by atoms with E-state index in [0.29, 0.717) is 28.8 Å². The maximum Gasteiger partial charge on any atom is 0.387 e. The summed E-state index contributed by atoms with van der Waals surface area (Å²) in [5.41, 5.74) is 1.91. The molecule has 0 radical (unpaired) electrons. The largest absolute Gasteiger partial charge is 0.435 e. The Labute approximate surface area is 187 Å². The first-order valence-electron chi connectivity index (χ1n) is 10.3. The number of aromatic nitrogens is 1. The van der Waals surface area contributed by atoms with Crippen molar-refractivity contribution in [3.63, 3.8) is 0 Å². The Kier molecular flexibility index (Phi) is 9.22. The van der Waals surface area contributed by atoms with E-state index in [9.17, 15) is 13.6 Å². The number of alkyl halides is 2. The quantitative estimate of drug-likeness (QED) is 0.415. The molecule has 3 N–H and O–H groups in total. The lowest BCUT2D eigenvalue weighted by Gasteiger charge is -2.19. The summed E-state index contributed by atoms with van der Waals surface area (Å²) in [6.45, 7) is 4.86. The number of pyridine rings is 1. The number of anilines is 1. The first-order valence-corrected chi connectivity index (χ1v) is 10.3. The number of nitrogens with one attached hydrogen (secondary N) is 3. The summed E-state index contributed by atoms with van der Waals surface area (Å²) in [5.74, 6) is -0.0323. The molecule has 2 heterocycles. The third-order valence-corrected chi connectivity index (χ3v) is 4.90. The summed E-state index contributed by atoms with van der Waals surface area (Å²) < 4.78 is 34.2. The van der Waals surface area contributed by atoms with Gasteiger partial charge in [-0.1, -0.05) is 12.1 Å². The molecule has 174 valence electrons. The lowest BCUT2D eigenvalue weighted by atomic mass is 10.0. The predicted molar refractivity (Wildman–Crippen MR) is 120 cm³/mol. The number of halogens is 2. The number of hydrogen-bond acceptors (Lipinski definition) is 7. The van der Waals surface area contributed by atoms with Gasteiger partial charge in [0.2, 0.25) is 0 Å². The number of benzene rings is 1. The van der Waals surface area contributed by atoms with Gasteiger partial charge in [0.1, 0.15) is 11.4 Å². The van der Waals surface area contributed by atoms with Crippen molar-refractivity contribution in [2.75, 3.05) is 25.6 Å². The number of likely N-dealkylation sites (N-methyl/N-ethyl adjacent to an activating group) is 1. The second kappa shape index (κ2) is 11.6. The Hall–Kier alpha value is -2.91. The molecule has 32 heavy (non-hydrogen) atoms. The molecule has 1 aliphatic rings. The Morgan fingerprint density at radius 3 is 2.62 bits per heavy atom. The van der Waals surface area contributed by atoms with E-state index in [1.54, 1.807) is 12.1 Å². The van der Waals surface area contributed by atoms with Crippen LogP contribution in [0.1, 0.15) is 48.8 Å². The SMILES string of the molecule is CC(C)Nc1cc(C=O)cnc1C(=N)c1cccc(OC(F)F)c1.CN[C@]1(C)CCOC1. The van der Waals surface area contributed by atoms with Crippen molar-refractivity contribution in [1.29, 1.82) is 5.41 Å². The Morgan fingerprint density at radius 1 is 1.34 bits per heavy atom. The molecule has 1 atom stereocenters. The van der Waals surface area contributed by atoms with Crippen molar-refractivity contribution in [1.82, 2.24) is 10.3 Å². The van der Waals surface area contributed by atoms with Gasteiger partial charge in [-0.15, -0.1) is 0 Å². The van der Waals surface area contributed by atoms with E-state index in [1.807, 2.05) is 20.9 Å². The smallest absolute Gasteiger partial charge is 0.387 e. The number of rotatable bonds is 8. The summed E-state index contributed by atoms with van der Waals surface area (Å²) in [5, 5.41) is 14.7. The number of nitrogens with zero attached hydrogens (tertiary/aromatic N) is 1. The van der Waals surface area contributed by atoms with Crippen LogP contribution in [0.25, 0.3) is 0 Å². The van der Waals surface area contributed by atoms with Crippen molar-refractivity contribution < 1.29 is 23.0 Å². The number of carbonyl (C=O) groups excluding carboxylic acids is 1. The van der Waals surface area contributed by atoms with Crippen molar-refractivity contribution >= 4 is 17.7 Å². The van der Waals surface area contributed by atoms with Crippen LogP contribution in [0.3, 0.4) is 0 Å². The predicted octanol–water partition coefficient (Wildman–Crippen LogP) is 4.12. The highest BCUT2D eigenvalue weighted by atomic mass is 19.3. The molecule has 7 nitrogen and oxygen atoms in total. The van der Waals surface area contributed by atoms with Gasteiger partial charge in [-0.2, -0.15) is 8.78 Å². The summed E-state index contributed by atoms with van der Waals surface area (Å²) in [7, 11) is 1.98. The van der Waals surface area contributed by atoms with Crippen molar-refractivity contribution in [2.45, 2.75) is 45.4 Å². The minimum absolute atomic E-state index is 0.0323. The van der Waals surface area contributed by atoms with Crippen LogP contribution in [0.2, 0.25) is 0 Å². The summed E-state index contributed by atoms with van der Waals surface area (Å²) >= 11 is 0. The Morgan fingerprint density at radius 2 is 2.09 bits per heavy atom. The van der Waals surface area contributed by atoms with Crippen LogP contribution in [0, 0.1) is 5.41 Å². The van der Waals surface area contributed by atoms with Crippen molar-refractivity contribution in [3.05, 3.63) is 53.3 Å². The zero-order valence-corrected chi connectivity index (χ0v) is 18.7. The van der Waals surface area contributed by atoms with E-state index >= 15 is 0 Å². The number of carbonyl (C=O) groups is 1. The number of aldehydes is 1. The van der Waals surface area contributed by atoms with Gasteiger partial charge < -0.3 is 20.1 Å². The monoisotopic (exact) mass is 448 g/mol. The molecule has 0 unspecified atom stereocenters. The van der Waals surface area contributed by atoms with Crippen LogP contribution in [-0.2, 0) is 4.74 Å². The molecular weight excluding hydrogens is 418 g/mol. The van der Waals surface area contributed by atoms with Crippen molar-refractivity contribution in [2.24, 2.45) is 0 Å². The van der Waals surface area contributed by atoms with E-state index < -0.39 is 6.61 Å². The standard InChI is InChI=1S/C17H17F2N3O2.C6H13NO/c1-10(2)22-14-6-11(9-23)8-21-16(14)15(20)12-4-3-5-13(7-12)24-17(18)19;1-6(7-2)3-4-8-5-6/h3-10,17,20,22H,1-2H3;7H,3-5H2,1-2H3/t;6-/m.1/s1.